The summed E-state index contributed by atoms with van der Waals surface area (Å²) < 4.78 is 4.52. The number of aliphatic carboxylic acids is 1. The number of amides is 2. The van der Waals surface area contributed by atoms with E-state index in [0.29, 0.717) is 32.7 Å². The Morgan fingerprint density at radius 1 is 1.20 bits per heavy atom. The standard InChI is InChI=1S/C12H21N3O5/c1-13(4-3-11(18)20-2)12(19)15-7-5-14(6-8-15)9-10(16)17/h3-9H2,1-2H3,(H,16,17). The van der Waals surface area contributed by atoms with E-state index in [9.17, 15) is 14.4 Å². The molecule has 0 bridgehead atoms. The van der Waals surface area contributed by atoms with Gasteiger partial charge in [-0.25, -0.2) is 4.79 Å². The van der Waals surface area contributed by atoms with Gasteiger partial charge in [0.05, 0.1) is 20.1 Å². The van der Waals surface area contributed by atoms with Crippen LogP contribution in [0.3, 0.4) is 0 Å². The summed E-state index contributed by atoms with van der Waals surface area (Å²) in [4.78, 5) is 38.6. The molecular weight excluding hydrogens is 266 g/mol. The molecule has 1 rings (SSSR count). The Balaban J connectivity index is 2.34. The highest BCUT2D eigenvalue weighted by molar-refractivity contribution is 5.75. The molecule has 1 saturated heterocycles. The predicted octanol–water partition coefficient (Wildman–Crippen LogP) is -0.696. The minimum atomic E-state index is -0.861. The lowest BCUT2D eigenvalue weighted by Gasteiger charge is -2.35. The Labute approximate surface area is 117 Å². The summed E-state index contributed by atoms with van der Waals surface area (Å²) >= 11 is 0. The first-order valence-electron chi connectivity index (χ1n) is 6.45. The third-order valence-corrected chi connectivity index (χ3v) is 3.21. The molecule has 8 heteroatoms. The molecule has 0 aromatic heterocycles. The van der Waals surface area contributed by atoms with E-state index < -0.39 is 5.97 Å². The molecule has 1 N–H and O–H groups in total. The number of urea groups is 1. The Kier molecular flexibility index (Phi) is 6.23. The Bertz CT molecular complexity index is 366. The van der Waals surface area contributed by atoms with E-state index >= 15 is 0 Å². The highest BCUT2D eigenvalue weighted by Gasteiger charge is 2.24. The van der Waals surface area contributed by atoms with Gasteiger partial charge in [0.2, 0.25) is 0 Å². The van der Waals surface area contributed by atoms with Gasteiger partial charge in [0, 0.05) is 39.8 Å². The minimum Gasteiger partial charge on any atom is -0.480 e. The summed E-state index contributed by atoms with van der Waals surface area (Å²) in [5.41, 5.74) is 0. The fraction of sp³-hybridized carbons (Fsp3) is 0.750. The highest BCUT2D eigenvalue weighted by atomic mass is 16.5. The first kappa shape index (κ1) is 16.2. The normalized spacial score (nSPS) is 15.8. The first-order chi connectivity index (χ1) is 9.43. The molecule has 0 radical (unpaired) electrons. The monoisotopic (exact) mass is 287 g/mol. The van der Waals surface area contributed by atoms with Gasteiger partial charge in [0.15, 0.2) is 0 Å². The zero-order valence-electron chi connectivity index (χ0n) is 11.9. The van der Waals surface area contributed by atoms with Crippen molar-refractivity contribution in [2.45, 2.75) is 6.42 Å². The lowest BCUT2D eigenvalue weighted by molar-refractivity contribution is -0.141. The van der Waals surface area contributed by atoms with Gasteiger partial charge >= 0.3 is 18.0 Å². The smallest absolute Gasteiger partial charge is 0.319 e. The number of piperazine rings is 1. The van der Waals surface area contributed by atoms with Crippen molar-refractivity contribution in [1.29, 1.82) is 0 Å². The van der Waals surface area contributed by atoms with Gasteiger partial charge in [0.1, 0.15) is 0 Å². The summed E-state index contributed by atoms with van der Waals surface area (Å²) in [6, 6.07) is -0.149. The van der Waals surface area contributed by atoms with E-state index in [2.05, 4.69) is 4.74 Å². The van der Waals surface area contributed by atoms with Crippen LogP contribution in [0.2, 0.25) is 0 Å². The van der Waals surface area contributed by atoms with Gasteiger partial charge in [-0.2, -0.15) is 0 Å². The van der Waals surface area contributed by atoms with E-state index in [1.165, 1.54) is 12.0 Å². The molecule has 0 aromatic rings. The van der Waals surface area contributed by atoms with Crippen LogP contribution in [0.1, 0.15) is 6.42 Å². The average Bonchev–Trinajstić information content (AvgIpc) is 2.43. The summed E-state index contributed by atoms with van der Waals surface area (Å²) in [7, 11) is 2.95. The Morgan fingerprint density at radius 2 is 1.80 bits per heavy atom. The molecule has 0 aromatic carbocycles. The van der Waals surface area contributed by atoms with Gasteiger partial charge in [-0.15, -0.1) is 0 Å². The van der Waals surface area contributed by atoms with Crippen LogP contribution in [0.4, 0.5) is 4.79 Å². The fourth-order valence-electron chi connectivity index (χ4n) is 1.99. The molecule has 1 fully saturated rings. The van der Waals surface area contributed by atoms with Crippen molar-refractivity contribution in [3.63, 3.8) is 0 Å². The number of rotatable bonds is 5. The number of carboxylic acid groups (broad SMARTS) is 1. The minimum absolute atomic E-state index is 0.000209. The van der Waals surface area contributed by atoms with E-state index in [0.717, 1.165) is 0 Å². The third kappa shape index (κ3) is 5.04. The topological polar surface area (TPSA) is 90.4 Å². The van der Waals surface area contributed by atoms with Crippen molar-refractivity contribution >= 4 is 18.0 Å². The van der Waals surface area contributed by atoms with Crippen LogP contribution < -0.4 is 0 Å². The summed E-state index contributed by atoms with van der Waals surface area (Å²) in [5.74, 6) is -1.21. The summed E-state index contributed by atoms with van der Waals surface area (Å²) in [6.45, 7) is 2.39. The second kappa shape index (κ2) is 7.68. The van der Waals surface area contributed by atoms with Gasteiger partial charge in [-0.3, -0.25) is 14.5 Å². The first-order valence-corrected chi connectivity index (χ1v) is 6.45. The van der Waals surface area contributed by atoms with E-state index in [1.807, 2.05) is 0 Å². The van der Waals surface area contributed by atoms with Crippen LogP contribution in [0.5, 0.6) is 0 Å². The molecule has 0 atom stereocenters. The maximum absolute atomic E-state index is 12.1. The van der Waals surface area contributed by atoms with Crippen LogP contribution in [-0.2, 0) is 14.3 Å². The van der Waals surface area contributed by atoms with Gasteiger partial charge < -0.3 is 19.6 Å². The second-order valence-electron chi connectivity index (χ2n) is 4.69. The van der Waals surface area contributed by atoms with Crippen LogP contribution >= 0.6 is 0 Å². The number of carbonyl (C=O) groups excluding carboxylic acids is 2. The molecule has 0 aliphatic carbocycles. The number of nitrogens with zero attached hydrogens (tertiary/aromatic N) is 3. The number of hydrogen-bond donors (Lipinski definition) is 1. The molecule has 1 heterocycles. The van der Waals surface area contributed by atoms with E-state index in [4.69, 9.17) is 5.11 Å². The highest BCUT2D eigenvalue weighted by Crippen LogP contribution is 2.05. The molecule has 20 heavy (non-hydrogen) atoms. The zero-order chi connectivity index (χ0) is 15.1. The summed E-state index contributed by atoms with van der Waals surface area (Å²) in [5, 5.41) is 8.70. The van der Waals surface area contributed by atoms with Crippen molar-refractivity contribution in [3.05, 3.63) is 0 Å². The van der Waals surface area contributed by atoms with Gasteiger partial charge in [0.25, 0.3) is 0 Å². The maximum Gasteiger partial charge on any atom is 0.319 e. The van der Waals surface area contributed by atoms with Crippen LogP contribution in [0, 0.1) is 0 Å². The number of esters is 1. The van der Waals surface area contributed by atoms with E-state index in [1.54, 1.807) is 16.8 Å². The van der Waals surface area contributed by atoms with Crippen molar-refractivity contribution in [1.82, 2.24) is 14.7 Å². The van der Waals surface area contributed by atoms with Crippen molar-refractivity contribution in [3.8, 4) is 0 Å². The van der Waals surface area contributed by atoms with Crippen molar-refractivity contribution in [2.75, 3.05) is 53.4 Å². The number of ether oxygens (including phenoxy) is 1. The number of carboxylic acids is 1. The molecule has 2 amide bonds. The van der Waals surface area contributed by atoms with Crippen LogP contribution in [0.15, 0.2) is 0 Å². The number of carbonyl (C=O) groups is 3. The van der Waals surface area contributed by atoms with Crippen LogP contribution in [0.25, 0.3) is 0 Å². The van der Waals surface area contributed by atoms with Gasteiger partial charge in [-0.05, 0) is 0 Å². The van der Waals surface area contributed by atoms with E-state index in [-0.39, 0.29) is 25.0 Å². The second-order valence-corrected chi connectivity index (χ2v) is 4.69. The third-order valence-electron chi connectivity index (χ3n) is 3.21. The number of methoxy groups -OCH3 is 1. The quantitative estimate of drug-likeness (QED) is 0.673. The Morgan fingerprint density at radius 3 is 2.30 bits per heavy atom. The number of hydrogen-bond acceptors (Lipinski definition) is 5. The average molecular weight is 287 g/mol. The van der Waals surface area contributed by atoms with Gasteiger partial charge in [-0.1, -0.05) is 0 Å². The zero-order valence-corrected chi connectivity index (χ0v) is 11.9. The predicted molar refractivity (Wildman–Crippen MR) is 70.3 cm³/mol. The van der Waals surface area contributed by atoms with Crippen molar-refractivity contribution < 1.29 is 24.2 Å². The molecule has 1 aliphatic heterocycles. The molecule has 0 saturated carbocycles. The molecule has 114 valence electrons. The molecular formula is C12H21N3O5. The maximum atomic E-state index is 12.1. The molecule has 8 nitrogen and oxygen atoms in total. The molecule has 1 aliphatic rings. The van der Waals surface area contributed by atoms with Crippen LogP contribution in [-0.4, -0.2) is 91.2 Å². The molecule has 0 unspecified atom stereocenters. The Hall–Kier alpha value is -1.83. The SMILES string of the molecule is COC(=O)CCN(C)C(=O)N1CCN(CC(=O)O)CC1. The summed E-state index contributed by atoms with van der Waals surface area (Å²) in [6.07, 6.45) is 0.164. The largest absolute Gasteiger partial charge is 0.480 e. The van der Waals surface area contributed by atoms with Crippen molar-refractivity contribution in [2.24, 2.45) is 0 Å². The molecule has 0 spiro atoms. The lowest BCUT2D eigenvalue weighted by atomic mass is 10.3. The fourth-order valence-corrected chi connectivity index (χ4v) is 1.99. The lowest BCUT2D eigenvalue weighted by Crippen LogP contribution is -2.53.